The molecule has 8 heteroatoms. The van der Waals surface area contributed by atoms with Gasteiger partial charge in [-0.25, -0.2) is 9.78 Å². The lowest BCUT2D eigenvalue weighted by atomic mass is 10.1. The number of hydrogen-bond acceptors (Lipinski definition) is 6. The highest BCUT2D eigenvalue weighted by Crippen LogP contribution is 2.29. The Morgan fingerprint density at radius 1 is 1.03 bits per heavy atom. The molecule has 6 nitrogen and oxygen atoms in total. The number of benzene rings is 3. The van der Waals surface area contributed by atoms with Gasteiger partial charge >= 0.3 is 5.97 Å². The summed E-state index contributed by atoms with van der Waals surface area (Å²) in [7, 11) is 0. The minimum absolute atomic E-state index is 0.209. The van der Waals surface area contributed by atoms with Crippen molar-refractivity contribution in [3.8, 4) is 17.3 Å². The number of anilines is 1. The zero-order chi connectivity index (χ0) is 23.9. The van der Waals surface area contributed by atoms with Gasteiger partial charge < -0.3 is 4.74 Å². The number of carbonyl (C=O) groups is 2. The normalized spacial score (nSPS) is 10.4. The lowest BCUT2D eigenvalue weighted by molar-refractivity contribution is -0.121. The molecule has 4 aromatic rings. The summed E-state index contributed by atoms with van der Waals surface area (Å²) in [5.41, 5.74) is 3.05. The van der Waals surface area contributed by atoms with Crippen molar-refractivity contribution in [1.82, 2.24) is 4.98 Å². The number of halogens is 1. The van der Waals surface area contributed by atoms with Gasteiger partial charge in [0.2, 0.25) is 0 Å². The number of rotatable bonds is 7. The van der Waals surface area contributed by atoms with Crippen molar-refractivity contribution in [2.24, 2.45) is 0 Å². The predicted molar refractivity (Wildman–Crippen MR) is 132 cm³/mol. The summed E-state index contributed by atoms with van der Waals surface area (Å²) in [6, 6.07) is 24.9. The third-order valence-electron chi connectivity index (χ3n) is 4.90. The van der Waals surface area contributed by atoms with E-state index >= 15 is 0 Å². The van der Waals surface area contributed by atoms with Crippen LogP contribution in [-0.2, 0) is 16.1 Å². The maximum atomic E-state index is 13.1. The van der Waals surface area contributed by atoms with Crippen LogP contribution in [0.4, 0.5) is 5.13 Å². The van der Waals surface area contributed by atoms with Crippen molar-refractivity contribution < 1.29 is 14.3 Å². The van der Waals surface area contributed by atoms with Crippen LogP contribution in [0.3, 0.4) is 0 Å². The minimum Gasteiger partial charge on any atom is -0.452 e. The molecule has 0 bridgehead atoms. The molecule has 0 atom stereocenters. The second kappa shape index (κ2) is 10.8. The van der Waals surface area contributed by atoms with E-state index < -0.39 is 18.5 Å². The van der Waals surface area contributed by atoms with Gasteiger partial charge in [-0.05, 0) is 35.9 Å². The van der Waals surface area contributed by atoms with Crippen molar-refractivity contribution in [2.45, 2.75) is 6.54 Å². The monoisotopic (exact) mass is 487 g/mol. The predicted octanol–water partition coefficient (Wildman–Crippen LogP) is 5.73. The highest BCUT2D eigenvalue weighted by atomic mass is 35.5. The smallest absolute Gasteiger partial charge is 0.338 e. The van der Waals surface area contributed by atoms with E-state index in [1.54, 1.807) is 24.3 Å². The van der Waals surface area contributed by atoms with Crippen LogP contribution in [-0.4, -0.2) is 23.5 Å². The molecule has 0 saturated carbocycles. The van der Waals surface area contributed by atoms with Crippen LogP contribution in [0.1, 0.15) is 21.5 Å². The van der Waals surface area contributed by atoms with Crippen molar-refractivity contribution >= 4 is 39.9 Å². The molecule has 0 spiro atoms. The van der Waals surface area contributed by atoms with Crippen molar-refractivity contribution in [2.75, 3.05) is 11.5 Å². The Bertz CT molecular complexity index is 1350. The van der Waals surface area contributed by atoms with E-state index in [1.807, 2.05) is 53.9 Å². The standard InChI is InChI=1S/C26H18ClN3O3S/c27-22-11-9-20(10-12-22)23-17-34-26(29-23)30(15-18-5-2-1-3-6-18)24(31)16-33-25(32)21-8-4-7-19(13-21)14-28/h1-13,17H,15-16H2. The zero-order valence-corrected chi connectivity index (χ0v) is 19.4. The van der Waals surface area contributed by atoms with E-state index in [1.165, 1.54) is 28.4 Å². The summed E-state index contributed by atoms with van der Waals surface area (Å²) in [6.45, 7) is -0.187. The minimum atomic E-state index is -0.675. The largest absolute Gasteiger partial charge is 0.452 e. The van der Waals surface area contributed by atoms with Gasteiger partial charge in [-0.15, -0.1) is 11.3 Å². The molecular weight excluding hydrogens is 470 g/mol. The van der Waals surface area contributed by atoms with Gasteiger partial charge in [0.05, 0.1) is 29.4 Å². The second-order valence-corrected chi connectivity index (χ2v) is 8.53. The highest BCUT2D eigenvalue weighted by molar-refractivity contribution is 7.14. The molecule has 0 unspecified atom stereocenters. The van der Waals surface area contributed by atoms with Gasteiger partial charge in [-0.1, -0.05) is 60.1 Å². The molecule has 0 N–H and O–H groups in total. The summed E-state index contributed by atoms with van der Waals surface area (Å²) in [5, 5.41) is 12.0. The van der Waals surface area contributed by atoms with Crippen LogP contribution < -0.4 is 4.90 Å². The number of aromatic nitrogens is 1. The van der Waals surface area contributed by atoms with E-state index in [4.69, 9.17) is 21.6 Å². The molecule has 0 aliphatic heterocycles. The average Bonchev–Trinajstić information content (AvgIpc) is 3.36. The van der Waals surface area contributed by atoms with E-state index in [2.05, 4.69) is 4.98 Å². The SMILES string of the molecule is N#Cc1cccc(C(=O)OCC(=O)N(Cc2ccccc2)c2nc(-c3ccc(Cl)cc3)cs2)c1. The van der Waals surface area contributed by atoms with Gasteiger partial charge in [-0.2, -0.15) is 5.26 Å². The third kappa shape index (κ3) is 5.67. The highest BCUT2D eigenvalue weighted by Gasteiger charge is 2.22. The summed E-state index contributed by atoms with van der Waals surface area (Å²) < 4.78 is 5.26. The first-order valence-corrected chi connectivity index (χ1v) is 11.5. The Morgan fingerprint density at radius 3 is 2.53 bits per heavy atom. The number of carbonyl (C=O) groups excluding carboxylic acids is 2. The van der Waals surface area contributed by atoms with Crippen molar-refractivity contribution in [3.63, 3.8) is 0 Å². The fraction of sp³-hybridized carbons (Fsp3) is 0.0769. The van der Waals surface area contributed by atoms with E-state index in [0.29, 0.717) is 21.4 Å². The van der Waals surface area contributed by atoms with Crippen molar-refractivity contribution in [1.29, 1.82) is 5.26 Å². The van der Waals surface area contributed by atoms with Gasteiger partial charge in [-0.3, -0.25) is 9.69 Å². The molecule has 0 radical (unpaired) electrons. The summed E-state index contributed by atoms with van der Waals surface area (Å²) in [6.07, 6.45) is 0. The number of esters is 1. The number of hydrogen-bond donors (Lipinski definition) is 0. The molecule has 34 heavy (non-hydrogen) atoms. The zero-order valence-electron chi connectivity index (χ0n) is 17.8. The molecule has 1 heterocycles. The lowest BCUT2D eigenvalue weighted by Crippen LogP contribution is -2.34. The Labute approximate surface area is 205 Å². The Morgan fingerprint density at radius 2 is 1.79 bits per heavy atom. The molecule has 168 valence electrons. The van der Waals surface area contributed by atoms with Crippen LogP contribution in [0, 0.1) is 11.3 Å². The fourth-order valence-electron chi connectivity index (χ4n) is 3.17. The maximum absolute atomic E-state index is 13.1. The second-order valence-electron chi connectivity index (χ2n) is 7.26. The number of nitrogens with zero attached hydrogens (tertiary/aromatic N) is 3. The van der Waals surface area contributed by atoms with Crippen LogP contribution in [0.15, 0.2) is 84.2 Å². The maximum Gasteiger partial charge on any atom is 0.338 e. The fourth-order valence-corrected chi connectivity index (χ4v) is 4.15. The number of ether oxygens (including phenoxy) is 1. The van der Waals surface area contributed by atoms with Gasteiger partial charge in [0, 0.05) is 16.0 Å². The Balaban J connectivity index is 1.53. The number of nitriles is 1. The van der Waals surface area contributed by atoms with Crippen LogP contribution in [0.5, 0.6) is 0 Å². The molecule has 0 saturated heterocycles. The van der Waals surface area contributed by atoms with Crippen LogP contribution in [0.25, 0.3) is 11.3 Å². The van der Waals surface area contributed by atoms with E-state index in [9.17, 15) is 9.59 Å². The summed E-state index contributed by atoms with van der Waals surface area (Å²) >= 11 is 7.30. The number of amides is 1. The molecule has 4 rings (SSSR count). The molecule has 0 aliphatic rings. The first-order valence-electron chi connectivity index (χ1n) is 10.3. The van der Waals surface area contributed by atoms with Gasteiger partial charge in [0.1, 0.15) is 0 Å². The van der Waals surface area contributed by atoms with Gasteiger partial charge in [0.25, 0.3) is 5.91 Å². The van der Waals surface area contributed by atoms with Crippen LogP contribution in [0.2, 0.25) is 5.02 Å². The molecule has 0 fully saturated rings. The summed E-state index contributed by atoms with van der Waals surface area (Å²) in [4.78, 5) is 31.7. The van der Waals surface area contributed by atoms with Crippen molar-refractivity contribution in [3.05, 3.63) is 106 Å². The lowest BCUT2D eigenvalue weighted by Gasteiger charge is -2.20. The van der Waals surface area contributed by atoms with E-state index in [-0.39, 0.29) is 12.1 Å². The third-order valence-corrected chi connectivity index (χ3v) is 6.02. The number of thiazole rings is 1. The molecular formula is C26H18ClN3O3S. The molecule has 0 aliphatic carbocycles. The quantitative estimate of drug-likeness (QED) is 0.311. The average molecular weight is 488 g/mol. The van der Waals surface area contributed by atoms with Crippen LogP contribution >= 0.6 is 22.9 Å². The molecule has 1 amide bonds. The van der Waals surface area contributed by atoms with Gasteiger partial charge in [0.15, 0.2) is 11.7 Å². The topological polar surface area (TPSA) is 83.3 Å². The first kappa shape index (κ1) is 23.2. The Hall–Kier alpha value is -3.99. The van der Waals surface area contributed by atoms with E-state index in [0.717, 1.165) is 11.1 Å². The Kier molecular flexibility index (Phi) is 7.33. The molecule has 1 aromatic heterocycles. The molecule has 3 aromatic carbocycles. The first-order chi connectivity index (χ1) is 16.5. The summed E-state index contributed by atoms with van der Waals surface area (Å²) in [5.74, 6) is -1.09.